The number of carbonyl (C=O) groups excluding carboxylic acids is 1. The molecule has 5 heteroatoms. The molecule has 0 aliphatic heterocycles. The Bertz CT molecular complexity index is 273. The molecule has 13 heavy (non-hydrogen) atoms. The summed E-state index contributed by atoms with van der Waals surface area (Å²) in [6, 6.07) is 5.06. The molecule has 1 aromatic rings. The average Bonchev–Trinajstić information content (AvgIpc) is 2.03. The molecule has 0 spiro atoms. The van der Waals surface area contributed by atoms with Crippen molar-refractivity contribution < 1.29 is 70.4 Å². The summed E-state index contributed by atoms with van der Waals surface area (Å²) in [6.45, 7) is -0.522. The quantitative estimate of drug-likeness (QED) is 0.496. The Morgan fingerprint density at radius 3 is 2.38 bits per heavy atom. The van der Waals surface area contributed by atoms with Gasteiger partial charge in [-0.15, -0.1) is 0 Å². The minimum atomic E-state index is -1.31. The van der Waals surface area contributed by atoms with E-state index in [-0.39, 0.29) is 51.4 Å². The van der Waals surface area contributed by atoms with Crippen molar-refractivity contribution in [1.29, 1.82) is 0 Å². The zero-order chi connectivity index (χ0) is 8.97. The second-order valence-electron chi connectivity index (χ2n) is 2.11. The van der Waals surface area contributed by atoms with Crippen molar-refractivity contribution >= 4 is 5.97 Å². The molecular weight excluding hydrogens is 202 g/mol. The molecule has 0 amide bonds. The van der Waals surface area contributed by atoms with Crippen molar-refractivity contribution in [3.05, 3.63) is 30.1 Å². The van der Waals surface area contributed by atoms with Crippen LogP contribution in [0.1, 0.15) is 0 Å². The van der Waals surface area contributed by atoms with Crippen LogP contribution in [0.3, 0.4) is 0 Å². The van der Waals surface area contributed by atoms with Crippen molar-refractivity contribution in [2.45, 2.75) is 0 Å². The van der Waals surface area contributed by atoms with Gasteiger partial charge in [-0.25, -0.2) is 4.39 Å². The van der Waals surface area contributed by atoms with Crippen LogP contribution in [0, 0.1) is 5.82 Å². The molecule has 0 heterocycles. The molecule has 0 saturated carbocycles. The molecular formula is C8H6FKO3. The van der Waals surface area contributed by atoms with Gasteiger partial charge >= 0.3 is 51.4 Å². The van der Waals surface area contributed by atoms with Gasteiger partial charge in [0.15, 0.2) is 0 Å². The maximum Gasteiger partial charge on any atom is 1.00 e. The maximum absolute atomic E-state index is 12.3. The SMILES string of the molecule is O=C([O-])COc1ccc(F)cc1.[K+]. The van der Waals surface area contributed by atoms with E-state index in [1.54, 1.807) is 0 Å². The molecule has 0 aromatic heterocycles. The van der Waals surface area contributed by atoms with E-state index in [2.05, 4.69) is 0 Å². The number of carbonyl (C=O) groups is 1. The van der Waals surface area contributed by atoms with E-state index < -0.39 is 18.4 Å². The van der Waals surface area contributed by atoms with Gasteiger partial charge in [0.2, 0.25) is 0 Å². The normalized spacial score (nSPS) is 8.69. The van der Waals surface area contributed by atoms with Crippen LogP contribution < -0.4 is 61.2 Å². The van der Waals surface area contributed by atoms with Crippen molar-refractivity contribution in [3.8, 4) is 5.75 Å². The molecule has 1 aromatic carbocycles. The van der Waals surface area contributed by atoms with Gasteiger partial charge in [-0.3, -0.25) is 0 Å². The van der Waals surface area contributed by atoms with E-state index in [1.165, 1.54) is 24.3 Å². The van der Waals surface area contributed by atoms with Gasteiger partial charge in [0.1, 0.15) is 18.2 Å². The Morgan fingerprint density at radius 1 is 1.38 bits per heavy atom. The summed E-state index contributed by atoms with van der Waals surface area (Å²) in [7, 11) is 0. The van der Waals surface area contributed by atoms with Crippen LogP contribution in [0.25, 0.3) is 0 Å². The number of hydrogen-bond donors (Lipinski definition) is 0. The second kappa shape index (κ2) is 6.50. The molecule has 0 fully saturated rings. The van der Waals surface area contributed by atoms with Crippen LogP contribution in [-0.4, -0.2) is 12.6 Å². The molecule has 0 N–H and O–H groups in total. The van der Waals surface area contributed by atoms with Gasteiger partial charge in [0.25, 0.3) is 0 Å². The van der Waals surface area contributed by atoms with Crippen LogP contribution in [-0.2, 0) is 4.79 Å². The first kappa shape index (κ1) is 13.1. The maximum atomic E-state index is 12.3. The first-order chi connectivity index (χ1) is 5.68. The molecule has 0 unspecified atom stereocenters. The van der Waals surface area contributed by atoms with Crippen LogP contribution in [0.15, 0.2) is 24.3 Å². The summed E-state index contributed by atoms with van der Waals surface area (Å²) in [4.78, 5) is 9.93. The van der Waals surface area contributed by atoms with Crippen LogP contribution in [0.4, 0.5) is 4.39 Å². The van der Waals surface area contributed by atoms with Crippen LogP contribution >= 0.6 is 0 Å². The van der Waals surface area contributed by atoms with Gasteiger partial charge in [0, 0.05) is 0 Å². The molecule has 0 aliphatic carbocycles. The number of rotatable bonds is 3. The standard InChI is InChI=1S/C8H7FO3.K/c9-6-1-3-7(4-2-6)12-5-8(10)11;/h1-4H,5H2,(H,10,11);/q;+1/p-1. The van der Waals surface area contributed by atoms with E-state index >= 15 is 0 Å². The van der Waals surface area contributed by atoms with Gasteiger partial charge < -0.3 is 14.6 Å². The number of carboxylic acid groups (broad SMARTS) is 1. The number of carboxylic acids is 1. The van der Waals surface area contributed by atoms with Crippen LogP contribution in [0.2, 0.25) is 0 Å². The molecule has 0 radical (unpaired) electrons. The molecule has 64 valence electrons. The van der Waals surface area contributed by atoms with E-state index in [0.29, 0.717) is 5.75 Å². The molecule has 0 atom stereocenters. The Hall–Kier alpha value is 0.0564. The van der Waals surface area contributed by atoms with E-state index in [0.717, 1.165) is 0 Å². The Balaban J connectivity index is 0.00000144. The molecule has 0 bridgehead atoms. The van der Waals surface area contributed by atoms with Gasteiger partial charge in [0.05, 0.1) is 5.97 Å². The number of benzene rings is 1. The molecule has 3 nitrogen and oxygen atoms in total. The Morgan fingerprint density at radius 2 is 1.92 bits per heavy atom. The first-order valence-corrected chi connectivity index (χ1v) is 3.26. The number of hydrogen-bond acceptors (Lipinski definition) is 3. The minimum absolute atomic E-state index is 0. The predicted molar refractivity (Wildman–Crippen MR) is 36.9 cm³/mol. The smallest absolute Gasteiger partial charge is 0.546 e. The molecule has 0 aliphatic rings. The molecule has 0 saturated heterocycles. The third-order valence-corrected chi connectivity index (χ3v) is 1.17. The summed E-state index contributed by atoms with van der Waals surface area (Å²) in [5, 5.41) is 9.93. The summed E-state index contributed by atoms with van der Waals surface area (Å²) in [6.07, 6.45) is 0. The second-order valence-corrected chi connectivity index (χ2v) is 2.11. The van der Waals surface area contributed by atoms with Crippen molar-refractivity contribution in [2.75, 3.05) is 6.61 Å². The monoisotopic (exact) mass is 208 g/mol. The summed E-state index contributed by atoms with van der Waals surface area (Å²) in [5.41, 5.74) is 0. The first-order valence-electron chi connectivity index (χ1n) is 3.26. The van der Waals surface area contributed by atoms with Gasteiger partial charge in [-0.05, 0) is 24.3 Å². The topological polar surface area (TPSA) is 49.4 Å². The van der Waals surface area contributed by atoms with Gasteiger partial charge in [-0.1, -0.05) is 0 Å². The third kappa shape index (κ3) is 5.38. The van der Waals surface area contributed by atoms with E-state index in [9.17, 15) is 14.3 Å². The van der Waals surface area contributed by atoms with Gasteiger partial charge in [-0.2, -0.15) is 0 Å². The van der Waals surface area contributed by atoms with Crippen molar-refractivity contribution in [2.24, 2.45) is 0 Å². The number of halogens is 1. The fraction of sp³-hybridized carbons (Fsp3) is 0.125. The summed E-state index contributed by atoms with van der Waals surface area (Å²) >= 11 is 0. The Kier molecular flexibility index (Phi) is 6.53. The van der Waals surface area contributed by atoms with Crippen molar-refractivity contribution in [3.63, 3.8) is 0 Å². The number of ether oxygens (including phenoxy) is 1. The summed E-state index contributed by atoms with van der Waals surface area (Å²) < 4.78 is 17.0. The van der Waals surface area contributed by atoms with Crippen LogP contribution in [0.5, 0.6) is 5.75 Å². The van der Waals surface area contributed by atoms with E-state index in [4.69, 9.17) is 4.74 Å². The summed E-state index contributed by atoms with van der Waals surface area (Å²) in [5.74, 6) is -1.39. The third-order valence-electron chi connectivity index (χ3n) is 1.17. The fourth-order valence-corrected chi connectivity index (χ4v) is 0.673. The average molecular weight is 208 g/mol. The predicted octanol–water partition coefficient (Wildman–Crippen LogP) is -3.04. The Labute approximate surface area is 117 Å². The zero-order valence-electron chi connectivity index (χ0n) is 7.12. The number of aliphatic carboxylic acids is 1. The largest absolute Gasteiger partial charge is 1.00 e. The zero-order valence-corrected chi connectivity index (χ0v) is 10.2. The minimum Gasteiger partial charge on any atom is -0.546 e. The molecule has 1 rings (SSSR count). The van der Waals surface area contributed by atoms with Crippen molar-refractivity contribution in [1.82, 2.24) is 0 Å². The van der Waals surface area contributed by atoms with E-state index in [1.807, 2.05) is 0 Å². The fourth-order valence-electron chi connectivity index (χ4n) is 0.673.